The molecule has 0 unspecified atom stereocenters. The Balaban J connectivity index is 1.16. The first-order valence-electron chi connectivity index (χ1n) is 10.3. The van der Waals surface area contributed by atoms with Crippen LogP contribution in [-0.2, 0) is 9.59 Å². The van der Waals surface area contributed by atoms with Crippen LogP contribution in [-0.4, -0.2) is 95.9 Å². The highest BCUT2D eigenvalue weighted by Gasteiger charge is 2.52. The summed E-state index contributed by atoms with van der Waals surface area (Å²) in [5.74, 6) is 0.456. The first-order chi connectivity index (χ1) is 12.2. The van der Waals surface area contributed by atoms with E-state index in [1.54, 1.807) is 0 Å². The van der Waals surface area contributed by atoms with Crippen molar-refractivity contribution in [1.29, 1.82) is 0 Å². The number of amides is 2. The molecule has 5 fully saturated rings. The lowest BCUT2D eigenvalue weighted by Crippen LogP contribution is -2.53. The molecule has 0 aromatic carbocycles. The molecule has 0 spiro atoms. The number of rotatable bonds is 2. The second kappa shape index (κ2) is 6.23. The van der Waals surface area contributed by atoms with Gasteiger partial charge in [-0.1, -0.05) is 0 Å². The smallest absolute Gasteiger partial charge is 0.226 e. The first kappa shape index (κ1) is 16.1. The standard InChI is InChI=1S/C19H30N4O2/c24-18(22-9-7-20-5-1-3-14(20)12-22)16-11-17(16)19(25)23-10-8-21-6-2-4-15(21)13-23/h14-17H,1-13H2/t14-,15-,16+,17+/m0/s1. The minimum Gasteiger partial charge on any atom is -0.340 e. The van der Waals surface area contributed by atoms with Crippen LogP contribution in [0.5, 0.6) is 0 Å². The van der Waals surface area contributed by atoms with E-state index in [1.807, 2.05) is 0 Å². The first-order valence-corrected chi connectivity index (χ1v) is 10.3. The molecule has 2 amide bonds. The van der Waals surface area contributed by atoms with Gasteiger partial charge in [0.1, 0.15) is 0 Å². The summed E-state index contributed by atoms with van der Waals surface area (Å²) in [5.41, 5.74) is 0. The van der Waals surface area contributed by atoms with E-state index in [-0.39, 0.29) is 23.7 Å². The molecular formula is C19H30N4O2. The van der Waals surface area contributed by atoms with Crippen molar-refractivity contribution in [2.75, 3.05) is 52.4 Å². The van der Waals surface area contributed by atoms with Gasteiger partial charge in [-0.15, -0.1) is 0 Å². The van der Waals surface area contributed by atoms with E-state index < -0.39 is 0 Å². The van der Waals surface area contributed by atoms with Gasteiger partial charge in [0.05, 0.1) is 11.8 Å². The third-order valence-electron chi connectivity index (χ3n) is 7.22. The summed E-state index contributed by atoms with van der Waals surface area (Å²) in [6, 6.07) is 1.14. The highest BCUT2D eigenvalue weighted by molar-refractivity contribution is 5.92. The van der Waals surface area contributed by atoms with E-state index in [0.717, 1.165) is 45.7 Å². The maximum Gasteiger partial charge on any atom is 0.226 e. The van der Waals surface area contributed by atoms with Gasteiger partial charge in [-0.05, 0) is 45.2 Å². The molecule has 1 saturated carbocycles. The molecule has 4 aliphatic heterocycles. The highest BCUT2D eigenvalue weighted by Crippen LogP contribution is 2.42. The van der Waals surface area contributed by atoms with Crippen molar-refractivity contribution < 1.29 is 9.59 Å². The maximum absolute atomic E-state index is 12.9. The highest BCUT2D eigenvalue weighted by atomic mass is 16.2. The fourth-order valence-corrected chi connectivity index (χ4v) is 5.59. The Morgan fingerprint density at radius 3 is 1.60 bits per heavy atom. The van der Waals surface area contributed by atoms with Crippen molar-refractivity contribution in [2.45, 2.75) is 44.2 Å². The van der Waals surface area contributed by atoms with Gasteiger partial charge in [0.25, 0.3) is 0 Å². The van der Waals surface area contributed by atoms with Gasteiger partial charge in [0.15, 0.2) is 0 Å². The summed E-state index contributed by atoms with van der Waals surface area (Å²) >= 11 is 0. The van der Waals surface area contributed by atoms with Crippen LogP contribution in [0.1, 0.15) is 32.1 Å². The third kappa shape index (κ3) is 2.87. The molecule has 0 bridgehead atoms. The van der Waals surface area contributed by atoms with Gasteiger partial charge in [0.2, 0.25) is 11.8 Å². The molecule has 0 aromatic rings. The summed E-state index contributed by atoms with van der Waals surface area (Å²) in [4.78, 5) is 34.9. The van der Waals surface area contributed by atoms with Crippen molar-refractivity contribution in [2.24, 2.45) is 11.8 Å². The number of hydrogen-bond acceptors (Lipinski definition) is 4. The van der Waals surface area contributed by atoms with Crippen LogP contribution in [0.2, 0.25) is 0 Å². The molecule has 1 aliphatic carbocycles. The predicted octanol–water partition coefficient (Wildman–Crippen LogP) is 0.236. The van der Waals surface area contributed by atoms with Gasteiger partial charge in [-0.25, -0.2) is 0 Å². The number of piperazine rings is 2. The van der Waals surface area contributed by atoms with Crippen LogP contribution in [0.25, 0.3) is 0 Å². The number of nitrogens with zero attached hydrogens (tertiary/aromatic N) is 4. The van der Waals surface area contributed by atoms with Crippen LogP contribution in [0.4, 0.5) is 0 Å². The molecule has 6 heteroatoms. The van der Waals surface area contributed by atoms with Gasteiger partial charge in [-0.2, -0.15) is 0 Å². The zero-order valence-electron chi connectivity index (χ0n) is 15.1. The number of carbonyl (C=O) groups is 2. The van der Waals surface area contributed by atoms with Crippen LogP contribution in [0, 0.1) is 11.8 Å². The Labute approximate surface area is 150 Å². The minimum atomic E-state index is -0.0259. The van der Waals surface area contributed by atoms with E-state index in [9.17, 15) is 9.59 Å². The average Bonchev–Trinajstić information content (AvgIpc) is 3.06. The fraction of sp³-hybridized carbons (Fsp3) is 0.895. The molecule has 6 nitrogen and oxygen atoms in total. The number of hydrogen-bond donors (Lipinski definition) is 0. The van der Waals surface area contributed by atoms with Crippen molar-refractivity contribution in [3.05, 3.63) is 0 Å². The molecule has 5 rings (SSSR count). The Kier molecular flexibility index (Phi) is 4.01. The third-order valence-corrected chi connectivity index (χ3v) is 7.22. The zero-order valence-corrected chi connectivity index (χ0v) is 15.1. The Morgan fingerprint density at radius 1 is 0.640 bits per heavy atom. The molecule has 138 valence electrons. The number of fused-ring (bicyclic) bond motifs is 2. The molecular weight excluding hydrogens is 316 g/mol. The molecule has 4 atom stereocenters. The summed E-state index contributed by atoms with van der Waals surface area (Å²) in [6.45, 7) is 7.92. The van der Waals surface area contributed by atoms with E-state index >= 15 is 0 Å². The van der Waals surface area contributed by atoms with E-state index in [1.165, 1.54) is 38.8 Å². The lowest BCUT2D eigenvalue weighted by molar-refractivity contribution is -0.140. The SMILES string of the molecule is O=C([C@@H]1C[C@H]1C(=O)N1CCN2CCC[C@H]2C1)N1CCN2CCC[C@H]2C1. The Morgan fingerprint density at radius 2 is 1.12 bits per heavy atom. The van der Waals surface area contributed by atoms with Gasteiger partial charge < -0.3 is 9.80 Å². The van der Waals surface area contributed by atoms with Gasteiger partial charge >= 0.3 is 0 Å². The molecule has 5 aliphatic rings. The second-order valence-electron chi connectivity index (χ2n) is 8.68. The summed E-state index contributed by atoms with van der Waals surface area (Å²) in [7, 11) is 0. The van der Waals surface area contributed by atoms with Gasteiger partial charge in [-0.3, -0.25) is 19.4 Å². The molecule has 0 N–H and O–H groups in total. The van der Waals surface area contributed by atoms with Crippen molar-refractivity contribution in [3.63, 3.8) is 0 Å². The largest absolute Gasteiger partial charge is 0.340 e. The zero-order chi connectivity index (χ0) is 17.0. The minimum absolute atomic E-state index is 0.0259. The molecule has 25 heavy (non-hydrogen) atoms. The normalized spacial score (nSPS) is 38.6. The van der Waals surface area contributed by atoms with Crippen molar-refractivity contribution in [3.8, 4) is 0 Å². The summed E-state index contributed by atoms with van der Waals surface area (Å²) in [5, 5.41) is 0. The predicted molar refractivity (Wildman–Crippen MR) is 93.9 cm³/mol. The number of carbonyl (C=O) groups excluding carboxylic acids is 2. The van der Waals surface area contributed by atoms with Gasteiger partial charge in [0, 0.05) is 51.4 Å². The van der Waals surface area contributed by atoms with Crippen LogP contribution >= 0.6 is 0 Å². The molecule has 4 saturated heterocycles. The molecule has 4 heterocycles. The lowest BCUT2D eigenvalue weighted by atomic mass is 10.1. The monoisotopic (exact) mass is 346 g/mol. The Bertz CT molecular complexity index is 520. The average molecular weight is 346 g/mol. The van der Waals surface area contributed by atoms with Crippen LogP contribution < -0.4 is 0 Å². The lowest BCUT2D eigenvalue weighted by Gasteiger charge is -2.38. The van der Waals surface area contributed by atoms with E-state index in [2.05, 4.69) is 19.6 Å². The van der Waals surface area contributed by atoms with E-state index in [4.69, 9.17) is 0 Å². The fourth-order valence-electron chi connectivity index (χ4n) is 5.59. The summed E-state index contributed by atoms with van der Waals surface area (Å²) in [6.07, 6.45) is 5.77. The van der Waals surface area contributed by atoms with Crippen LogP contribution in [0.3, 0.4) is 0 Å². The summed E-state index contributed by atoms with van der Waals surface area (Å²) < 4.78 is 0. The quantitative estimate of drug-likeness (QED) is 0.718. The van der Waals surface area contributed by atoms with Crippen molar-refractivity contribution in [1.82, 2.24) is 19.6 Å². The van der Waals surface area contributed by atoms with Crippen molar-refractivity contribution >= 4 is 11.8 Å². The second-order valence-corrected chi connectivity index (χ2v) is 8.68. The van der Waals surface area contributed by atoms with E-state index in [0.29, 0.717) is 12.1 Å². The van der Waals surface area contributed by atoms with Crippen LogP contribution in [0.15, 0.2) is 0 Å². The molecule has 0 radical (unpaired) electrons. The Hall–Kier alpha value is -1.14. The topological polar surface area (TPSA) is 47.1 Å². The maximum atomic E-state index is 12.9. The molecule has 0 aromatic heterocycles.